The fourth-order valence-corrected chi connectivity index (χ4v) is 2.34. The van der Waals surface area contributed by atoms with Crippen LogP contribution in [-0.2, 0) is 6.54 Å². The van der Waals surface area contributed by atoms with Crippen molar-refractivity contribution < 1.29 is 0 Å². The number of nitrogens with zero attached hydrogens (tertiary/aromatic N) is 2. The minimum absolute atomic E-state index is 0.390. The molecule has 0 aliphatic rings. The molecular weight excluding hydrogens is 338 g/mol. The van der Waals surface area contributed by atoms with Crippen molar-refractivity contribution in [3.05, 3.63) is 63.7 Å². The van der Waals surface area contributed by atoms with Gasteiger partial charge in [-0.15, -0.1) is 0 Å². The number of para-hydroxylation sites is 2. The molecule has 3 nitrogen and oxygen atoms in total. The number of benzene rings is 2. The highest BCUT2D eigenvalue weighted by Gasteiger charge is 2.06. The summed E-state index contributed by atoms with van der Waals surface area (Å²) in [6.45, 7) is 0.653. The SMILES string of the molecule is Clc1nc2ccccc2nc1NCc1ccc(Br)cc1. The predicted octanol–water partition coefficient (Wildman–Crippen LogP) is 4.66. The molecule has 0 fully saturated rings. The normalized spacial score (nSPS) is 10.7. The van der Waals surface area contributed by atoms with E-state index in [0.29, 0.717) is 17.5 Å². The lowest BCUT2D eigenvalue weighted by atomic mass is 10.2. The second kappa shape index (κ2) is 5.77. The van der Waals surface area contributed by atoms with Crippen LogP contribution in [0.5, 0.6) is 0 Å². The van der Waals surface area contributed by atoms with Gasteiger partial charge in [0.1, 0.15) is 0 Å². The van der Waals surface area contributed by atoms with Crippen molar-refractivity contribution in [1.29, 1.82) is 0 Å². The highest BCUT2D eigenvalue weighted by molar-refractivity contribution is 9.10. The maximum atomic E-state index is 6.15. The van der Waals surface area contributed by atoms with Gasteiger partial charge in [0.25, 0.3) is 0 Å². The molecule has 0 bridgehead atoms. The molecule has 5 heteroatoms. The second-order valence-corrected chi connectivity index (χ2v) is 5.61. The third kappa shape index (κ3) is 2.92. The molecule has 20 heavy (non-hydrogen) atoms. The van der Waals surface area contributed by atoms with Crippen LogP contribution in [0.15, 0.2) is 53.0 Å². The number of hydrogen-bond acceptors (Lipinski definition) is 3. The third-order valence-electron chi connectivity index (χ3n) is 2.90. The Morgan fingerprint density at radius 3 is 2.30 bits per heavy atom. The molecule has 3 rings (SSSR count). The van der Waals surface area contributed by atoms with E-state index in [-0.39, 0.29) is 0 Å². The topological polar surface area (TPSA) is 37.8 Å². The minimum Gasteiger partial charge on any atom is -0.363 e. The monoisotopic (exact) mass is 347 g/mol. The van der Waals surface area contributed by atoms with E-state index < -0.39 is 0 Å². The largest absolute Gasteiger partial charge is 0.363 e. The Morgan fingerprint density at radius 2 is 1.60 bits per heavy atom. The molecule has 0 unspecified atom stereocenters. The summed E-state index contributed by atoms with van der Waals surface area (Å²) in [7, 11) is 0. The van der Waals surface area contributed by atoms with Crippen LogP contribution in [0.1, 0.15) is 5.56 Å². The van der Waals surface area contributed by atoms with Crippen LogP contribution in [0.25, 0.3) is 11.0 Å². The summed E-state index contributed by atoms with van der Waals surface area (Å²) in [6.07, 6.45) is 0. The molecule has 0 aliphatic carbocycles. The van der Waals surface area contributed by atoms with Gasteiger partial charge < -0.3 is 5.32 Å². The van der Waals surface area contributed by atoms with Gasteiger partial charge in [-0.25, -0.2) is 9.97 Å². The Morgan fingerprint density at radius 1 is 0.950 bits per heavy atom. The summed E-state index contributed by atoms with van der Waals surface area (Å²) >= 11 is 9.57. The van der Waals surface area contributed by atoms with Crippen LogP contribution in [0.4, 0.5) is 5.82 Å². The maximum Gasteiger partial charge on any atom is 0.172 e. The number of anilines is 1. The third-order valence-corrected chi connectivity index (χ3v) is 3.69. The standard InChI is InChI=1S/C15H11BrClN3/c16-11-7-5-10(6-8-11)9-18-15-14(17)19-12-3-1-2-4-13(12)20-15/h1-8H,9H2,(H,18,20). The first-order valence-corrected chi connectivity index (χ1v) is 7.30. The van der Waals surface area contributed by atoms with Crippen LogP contribution in [0.2, 0.25) is 5.15 Å². The number of aromatic nitrogens is 2. The smallest absolute Gasteiger partial charge is 0.172 e. The Bertz CT molecular complexity index is 744. The summed E-state index contributed by atoms with van der Waals surface area (Å²) in [5.74, 6) is 0.605. The summed E-state index contributed by atoms with van der Waals surface area (Å²) in [5.41, 5.74) is 2.78. The van der Waals surface area contributed by atoms with Crippen molar-refractivity contribution in [3.63, 3.8) is 0 Å². The molecule has 0 radical (unpaired) electrons. The van der Waals surface area contributed by atoms with Gasteiger partial charge in [-0.3, -0.25) is 0 Å². The summed E-state index contributed by atoms with van der Waals surface area (Å²) < 4.78 is 1.06. The number of halogens is 2. The van der Waals surface area contributed by atoms with Gasteiger partial charge in [0.2, 0.25) is 0 Å². The van der Waals surface area contributed by atoms with Gasteiger partial charge in [0.05, 0.1) is 11.0 Å². The van der Waals surface area contributed by atoms with Crippen molar-refractivity contribution in [3.8, 4) is 0 Å². The number of fused-ring (bicyclic) bond motifs is 1. The van der Waals surface area contributed by atoms with Crippen molar-refractivity contribution >= 4 is 44.4 Å². The Kier molecular flexibility index (Phi) is 3.85. The van der Waals surface area contributed by atoms with Crippen molar-refractivity contribution in [1.82, 2.24) is 9.97 Å². The van der Waals surface area contributed by atoms with Gasteiger partial charge in [-0.05, 0) is 29.8 Å². The van der Waals surface area contributed by atoms with Crippen molar-refractivity contribution in [2.24, 2.45) is 0 Å². The molecule has 0 saturated heterocycles. The van der Waals surface area contributed by atoms with E-state index in [2.05, 4.69) is 31.2 Å². The first kappa shape index (κ1) is 13.3. The molecule has 1 heterocycles. The zero-order valence-corrected chi connectivity index (χ0v) is 12.8. The fraction of sp³-hybridized carbons (Fsp3) is 0.0667. The molecule has 0 aliphatic heterocycles. The molecule has 0 atom stereocenters. The number of nitrogens with one attached hydrogen (secondary N) is 1. The van der Waals surface area contributed by atoms with Crippen LogP contribution < -0.4 is 5.32 Å². The summed E-state index contributed by atoms with van der Waals surface area (Å²) in [6, 6.07) is 15.8. The van der Waals surface area contributed by atoms with Crippen molar-refractivity contribution in [2.75, 3.05) is 5.32 Å². The number of hydrogen-bond donors (Lipinski definition) is 1. The van der Waals surface area contributed by atoms with Gasteiger partial charge in [0.15, 0.2) is 11.0 Å². The average molecular weight is 349 g/mol. The lowest BCUT2D eigenvalue weighted by Crippen LogP contribution is -2.03. The summed E-state index contributed by atoms with van der Waals surface area (Å²) in [5, 5.41) is 3.61. The zero-order chi connectivity index (χ0) is 13.9. The molecule has 1 aromatic heterocycles. The first-order valence-electron chi connectivity index (χ1n) is 6.13. The highest BCUT2D eigenvalue weighted by Crippen LogP contribution is 2.21. The lowest BCUT2D eigenvalue weighted by Gasteiger charge is -2.08. The lowest BCUT2D eigenvalue weighted by molar-refractivity contribution is 1.11. The van der Waals surface area contributed by atoms with Crippen LogP contribution in [0, 0.1) is 0 Å². The first-order chi connectivity index (χ1) is 9.72. The average Bonchev–Trinajstić information content (AvgIpc) is 2.47. The molecular formula is C15H11BrClN3. The van der Waals surface area contributed by atoms with Crippen molar-refractivity contribution in [2.45, 2.75) is 6.54 Å². The van der Waals surface area contributed by atoms with E-state index in [4.69, 9.17) is 11.6 Å². The van der Waals surface area contributed by atoms with Crippen LogP contribution >= 0.6 is 27.5 Å². The second-order valence-electron chi connectivity index (χ2n) is 4.33. The van der Waals surface area contributed by atoms with Gasteiger partial charge in [-0.1, -0.05) is 51.8 Å². The van der Waals surface area contributed by atoms with E-state index in [0.717, 1.165) is 21.1 Å². The van der Waals surface area contributed by atoms with E-state index in [1.54, 1.807) is 0 Å². The zero-order valence-electron chi connectivity index (χ0n) is 10.5. The van der Waals surface area contributed by atoms with Gasteiger partial charge in [-0.2, -0.15) is 0 Å². The molecule has 0 spiro atoms. The van der Waals surface area contributed by atoms with E-state index in [1.165, 1.54) is 0 Å². The van der Waals surface area contributed by atoms with Crippen LogP contribution in [0.3, 0.4) is 0 Å². The molecule has 2 aromatic carbocycles. The van der Waals surface area contributed by atoms with E-state index in [9.17, 15) is 0 Å². The highest BCUT2D eigenvalue weighted by atomic mass is 79.9. The Balaban J connectivity index is 1.83. The Labute approximate surface area is 130 Å². The fourth-order valence-electron chi connectivity index (χ4n) is 1.88. The molecule has 100 valence electrons. The minimum atomic E-state index is 0.390. The molecule has 1 N–H and O–H groups in total. The summed E-state index contributed by atoms with van der Waals surface area (Å²) in [4.78, 5) is 8.83. The predicted molar refractivity (Wildman–Crippen MR) is 86.0 cm³/mol. The molecule has 3 aromatic rings. The van der Waals surface area contributed by atoms with E-state index in [1.807, 2.05) is 48.5 Å². The maximum absolute atomic E-state index is 6.15. The van der Waals surface area contributed by atoms with Gasteiger partial charge in [0, 0.05) is 11.0 Å². The molecule has 0 saturated carbocycles. The molecule has 0 amide bonds. The van der Waals surface area contributed by atoms with E-state index >= 15 is 0 Å². The quantitative estimate of drug-likeness (QED) is 0.748. The number of rotatable bonds is 3. The Hall–Kier alpha value is -1.65. The van der Waals surface area contributed by atoms with Gasteiger partial charge >= 0.3 is 0 Å². The van der Waals surface area contributed by atoms with Crippen LogP contribution in [-0.4, -0.2) is 9.97 Å².